The van der Waals surface area contributed by atoms with Gasteiger partial charge < -0.3 is 5.11 Å². The van der Waals surface area contributed by atoms with E-state index < -0.39 is 16.4 Å². The van der Waals surface area contributed by atoms with Crippen molar-refractivity contribution in [2.75, 3.05) is 0 Å². The Balaban J connectivity index is 2.08. The number of aryl methyl sites for hydroxylation is 2. The summed E-state index contributed by atoms with van der Waals surface area (Å²) in [6, 6.07) is 8.45. The van der Waals surface area contributed by atoms with Gasteiger partial charge in [0.2, 0.25) is 11.7 Å². The summed E-state index contributed by atoms with van der Waals surface area (Å²) in [7, 11) is 0. The van der Waals surface area contributed by atoms with Crippen molar-refractivity contribution in [2.24, 2.45) is 5.10 Å². The number of nitro groups is 1. The molecule has 8 heteroatoms. The zero-order valence-electron chi connectivity index (χ0n) is 13.6. The van der Waals surface area contributed by atoms with E-state index in [1.165, 1.54) is 12.1 Å². The molecule has 0 saturated heterocycles. The molecular formula is C17H16BrN3O4. The first-order chi connectivity index (χ1) is 11.8. The molecule has 0 saturated carbocycles. The van der Waals surface area contributed by atoms with Crippen LogP contribution < -0.4 is 5.43 Å². The van der Waals surface area contributed by atoms with Crippen molar-refractivity contribution >= 4 is 33.7 Å². The number of phenolic OH excluding ortho intramolecular Hbond substituents is 1. The molecular weight excluding hydrogens is 390 g/mol. The van der Waals surface area contributed by atoms with Crippen LogP contribution in [0.5, 0.6) is 5.75 Å². The average molecular weight is 406 g/mol. The van der Waals surface area contributed by atoms with E-state index in [2.05, 4.69) is 26.5 Å². The number of hydrogen-bond donors (Lipinski definition) is 2. The molecule has 0 atom stereocenters. The lowest BCUT2D eigenvalue weighted by Crippen LogP contribution is -2.20. The highest BCUT2D eigenvalue weighted by Gasteiger charge is 2.17. The molecule has 130 valence electrons. The van der Waals surface area contributed by atoms with Crippen molar-refractivity contribution in [1.82, 2.24) is 5.43 Å². The molecule has 0 bridgehead atoms. The van der Waals surface area contributed by atoms with Crippen LogP contribution in [0.4, 0.5) is 5.69 Å². The Morgan fingerprint density at radius 1 is 1.36 bits per heavy atom. The Labute approximate surface area is 152 Å². The lowest BCUT2D eigenvalue weighted by molar-refractivity contribution is -0.385. The Hall–Kier alpha value is -2.74. The standard InChI is InChI=1S/C17H16BrN3O4/c1-10-3-4-12(11(2)5-10)7-16(22)20-19-9-13-6-14(18)8-15(17(13)23)21(24)25/h3-6,8-9,23H,7H2,1-2H3,(H,20,22)/b19-9-. The van der Waals surface area contributed by atoms with Crippen LogP contribution in [0.25, 0.3) is 0 Å². The van der Waals surface area contributed by atoms with Crippen LogP contribution in [-0.4, -0.2) is 22.2 Å². The Morgan fingerprint density at radius 2 is 2.08 bits per heavy atom. The normalized spacial score (nSPS) is 10.8. The fraction of sp³-hybridized carbons (Fsp3) is 0.176. The highest BCUT2D eigenvalue weighted by Crippen LogP contribution is 2.32. The maximum Gasteiger partial charge on any atom is 0.312 e. The molecule has 0 heterocycles. The SMILES string of the molecule is Cc1ccc(CC(=O)N/N=C\c2cc(Br)cc([N+](=O)[O-])c2O)c(C)c1. The number of nitrogens with zero attached hydrogens (tertiary/aromatic N) is 2. The van der Waals surface area contributed by atoms with E-state index in [1.54, 1.807) is 0 Å². The van der Waals surface area contributed by atoms with Gasteiger partial charge in [-0.2, -0.15) is 5.10 Å². The number of nitrogens with one attached hydrogen (secondary N) is 1. The summed E-state index contributed by atoms with van der Waals surface area (Å²) < 4.78 is 0.417. The van der Waals surface area contributed by atoms with Gasteiger partial charge in [0, 0.05) is 16.1 Å². The highest BCUT2D eigenvalue weighted by molar-refractivity contribution is 9.10. The minimum Gasteiger partial charge on any atom is -0.502 e. The van der Waals surface area contributed by atoms with Gasteiger partial charge in [-0.25, -0.2) is 5.43 Å². The van der Waals surface area contributed by atoms with Crippen LogP contribution in [0.2, 0.25) is 0 Å². The topological polar surface area (TPSA) is 105 Å². The molecule has 0 aromatic heterocycles. The van der Waals surface area contributed by atoms with E-state index in [0.29, 0.717) is 4.47 Å². The van der Waals surface area contributed by atoms with Crippen LogP contribution in [0.1, 0.15) is 22.3 Å². The molecule has 2 aromatic rings. The molecule has 0 aliphatic heterocycles. The highest BCUT2D eigenvalue weighted by atomic mass is 79.9. The van der Waals surface area contributed by atoms with Crippen molar-refractivity contribution in [2.45, 2.75) is 20.3 Å². The molecule has 0 spiro atoms. The lowest BCUT2D eigenvalue weighted by atomic mass is 10.0. The summed E-state index contributed by atoms with van der Waals surface area (Å²) in [6.45, 7) is 3.91. The molecule has 0 radical (unpaired) electrons. The van der Waals surface area contributed by atoms with E-state index in [9.17, 15) is 20.0 Å². The number of nitro benzene ring substituents is 1. The summed E-state index contributed by atoms with van der Waals surface area (Å²) in [4.78, 5) is 22.1. The molecule has 0 aliphatic rings. The third-order valence-electron chi connectivity index (χ3n) is 3.52. The number of halogens is 1. The fourth-order valence-electron chi connectivity index (χ4n) is 2.27. The molecule has 2 N–H and O–H groups in total. The van der Waals surface area contributed by atoms with Gasteiger partial charge in [0.05, 0.1) is 17.6 Å². The summed E-state index contributed by atoms with van der Waals surface area (Å²) in [6.07, 6.45) is 1.32. The monoisotopic (exact) mass is 405 g/mol. The molecule has 25 heavy (non-hydrogen) atoms. The van der Waals surface area contributed by atoms with Gasteiger partial charge in [0.15, 0.2) is 0 Å². The minimum atomic E-state index is -0.698. The van der Waals surface area contributed by atoms with Crippen LogP contribution in [0.15, 0.2) is 39.9 Å². The quantitative estimate of drug-likeness (QED) is 0.451. The summed E-state index contributed by atoms with van der Waals surface area (Å²) in [5, 5.41) is 24.5. The maximum atomic E-state index is 12.0. The van der Waals surface area contributed by atoms with Crippen molar-refractivity contribution in [3.8, 4) is 5.75 Å². The number of carbonyl (C=O) groups is 1. The average Bonchev–Trinajstić information content (AvgIpc) is 2.52. The number of hydrogen-bond acceptors (Lipinski definition) is 5. The molecule has 1 amide bonds. The van der Waals surface area contributed by atoms with Crippen LogP contribution in [0.3, 0.4) is 0 Å². The largest absolute Gasteiger partial charge is 0.502 e. The van der Waals surface area contributed by atoms with Crippen LogP contribution in [-0.2, 0) is 11.2 Å². The van der Waals surface area contributed by atoms with Gasteiger partial charge in [0.25, 0.3) is 0 Å². The second-order valence-corrected chi connectivity index (χ2v) is 6.44. The summed E-state index contributed by atoms with van der Waals surface area (Å²) in [5.74, 6) is -0.840. The Kier molecular flexibility index (Phi) is 5.87. The van der Waals surface area contributed by atoms with Gasteiger partial charge in [-0.15, -0.1) is 0 Å². The van der Waals surface area contributed by atoms with Crippen LogP contribution >= 0.6 is 15.9 Å². The Morgan fingerprint density at radius 3 is 2.72 bits per heavy atom. The first-order valence-corrected chi connectivity index (χ1v) is 8.12. The fourth-order valence-corrected chi connectivity index (χ4v) is 2.74. The predicted molar refractivity (Wildman–Crippen MR) is 97.8 cm³/mol. The molecule has 0 fully saturated rings. The second kappa shape index (κ2) is 7.89. The van der Waals surface area contributed by atoms with Crippen molar-refractivity contribution < 1.29 is 14.8 Å². The van der Waals surface area contributed by atoms with E-state index >= 15 is 0 Å². The van der Waals surface area contributed by atoms with E-state index in [-0.39, 0.29) is 17.9 Å². The van der Waals surface area contributed by atoms with Gasteiger partial charge in [0.1, 0.15) is 0 Å². The van der Waals surface area contributed by atoms with Gasteiger partial charge in [-0.05, 0) is 31.0 Å². The number of rotatable bonds is 5. The molecule has 7 nitrogen and oxygen atoms in total. The summed E-state index contributed by atoms with van der Waals surface area (Å²) >= 11 is 3.13. The third kappa shape index (κ3) is 4.87. The number of phenols is 1. The zero-order chi connectivity index (χ0) is 18.6. The Bertz CT molecular complexity index is 865. The van der Waals surface area contributed by atoms with Gasteiger partial charge in [-0.3, -0.25) is 14.9 Å². The predicted octanol–water partition coefficient (Wildman–Crippen LogP) is 3.37. The number of aromatic hydroxyl groups is 1. The third-order valence-corrected chi connectivity index (χ3v) is 3.98. The number of carbonyl (C=O) groups excluding carboxylic acids is 1. The maximum absolute atomic E-state index is 12.0. The van der Waals surface area contributed by atoms with E-state index in [4.69, 9.17) is 0 Å². The summed E-state index contributed by atoms with van der Waals surface area (Å²) in [5.41, 5.74) is 5.04. The first kappa shape index (κ1) is 18.6. The lowest BCUT2D eigenvalue weighted by Gasteiger charge is -2.06. The molecule has 0 aliphatic carbocycles. The van der Waals surface area contributed by atoms with E-state index in [0.717, 1.165) is 22.9 Å². The molecule has 0 unspecified atom stereocenters. The van der Waals surface area contributed by atoms with E-state index in [1.807, 2.05) is 32.0 Å². The first-order valence-electron chi connectivity index (χ1n) is 7.33. The molecule has 2 aromatic carbocycles. The van der Waals surface area contributed by atoms with Crippen molar-refractivity contribution in [3.63, 3.8) is 0 Å². The van der Waals surface area contributed by atoms with Gasteiger partial charge >= 0.3 is 5.69 Å². The van der Waals surface area contributed by atoms with Crippen LogP contribution in [0, 0.1) is 24.0 Å². The number of hydrazone groups is 1. The second-order valence-electron chi connectivity index (χ2n) is 5.52. The molecule has 2 rings (SSSR count). The van der Waals surface area contributed by atoms with Crippen molar-refractivity contribution in [1.29, 1.82) is 0 Å². The number of amides is 1. The van der Waals surface area contributed by atoms with Crippen molar-refractivity contribution in [3.05, 3.63) is 67.2 Å². The van der Waals surface area contributed by atoms with Gasteiger partial charge in [-0.1, -0.05) is 39.7 Å². The zero-order valence-corrected chi connectivity index (χ0v) is 15.2. The minimum absolute atomic E-state index is 0.118. The smallest absolute Gasteiger partial charge is 0.312 e. The number of benzene rings is 2.